The van der Waals surface area contributed by atoms with Crippen LogP contribution in [0.15, 0.2) is 36.7 Å². The minimum Gasteiger partial charge on any atom is -0.355 e. The van der Waals surface area contributed by atoms with Gasteiger partial charge in [0.15, 0.2) is 5.82 Å². The Bertz CT molecular complexity index is 777. The largest absolute Gasteiger partial charge is 0.355 e. The maximum atomic E-state index is 12.8. The molecule has 0 spiro atoms. The second kappa shape index (κ2) is 8.51. The molecule has 1 N–H and O–H groups in total. The van der Waals surface area contributed by atoms with Gasteiger partial charge in [0.1, 0.15) is 5.69 Å². The molecule has 2 fully saturated rings. The van der Waals surface area contributed by atoms with Gasteiger partial charge < -0.3 is 10.2 Å². The van der Waals surface area contributed by atoms with Gasteiger partial charge in [-0.1, -0.05) is 37.8 Å². The summed E-state index contributed by atoms with van der Waals surface area (Å²) in [5.41, 5.74) is 2.52. The Morgan fingerprint density at radius 2 is 1.70 bits per heavy atom. The predicted octanol–water partition coefficient (Wildman–Crippen LogP) is 4.20. The average molecular weight is 364 g/mol. The summed E-state index contributed by atoms with van der Waals surface area (Å²) in [6, 6.07) is 8.11. The second-order valence-electron chi connectivity index (χ2n) is 7.67. The summed E-state index contributed by atoms with van der Waals surface area (Å²) in [5, 5.41) is 3.24. The van der Waals surface area contributed by atoms with Crippen LogP contribution in [-0.2, 0) is 0 Å². The number of hydrogen-bond donors (Lipinski definition) is 1. The van der Waals surface area contributed by atoms with Gasteiger partial charge in [-0.05, 0) is 37.8 Å². The van der Waals surface area contributed by atoms with Gasteiger partial charge in [-0.3, -0.25) is 9.78 Å². The molecule has 0 bridgehead atoms. The molecule has 0 radical (unpaired) electrons. The lowest BCUT2D eigenvalue weighted by Gasteiger charge is -2.19. The molecule has 27 heavy (non-hydrogen) atoms. The Hall–Kier alpha value is -2.43. The van der Waals surface area contributed by atoms with Crippen molar-refractivity contribution in [3.63, 3.8) is 0 Å². The molecule has 2 aromatic rings. The van der Waals surface area contributed by atoms with E-state index in [4.69, 9.17) is 0 Å². The molecule has 142 valence electrons. The maximum absolute atomic E-state index is 12.8. The average Bonchev–Trinajstić information content (AvgIpc) is 3.13. The molecular weight excluding hydrogens is 336 g/mol. The van der Waals surface area contributed by atoms with Crippen molar-refractivity contribution in [3.8, 4) is 11.3 Å². The van der Waals surface area contributed by atoms with E-state index in [9.17, 15) is 4.79 Å². The van der Waals surface area contributed by atoms with Crippen molar-refractivity contribution in [2.24, 2.45) is 0 Å². The summed E-state index contributed by atoms with van der Waals surface area (Å²) < 4.78 is 0. The van der Waals surface area contributed by atoms with Crippen molar-refractivity contribution in [1.82, 2.24) is 15.3 Å². The van der Waals surface area contributed by atoms with E-state index in [1.807, 2.05) is 24.3 Å². The molecule has 0 atom stereocenters. The van der Waals surface area contributed by atoms with Crippen molar-refractivity contribution < 1.29 is 4.79 Å². The number of benzene rings is 1. The Morgan fingerprint density at radius 3 is 2.48 bits per heavy atom. The fourth-order valence-electron chi connectivity index (χ4n) is 4.19. The van der Waals surface area contributed by atoms with Gasteiger partial charge in [0.25, 0.3) is 5.91 Å². The van der Waals surface area contributed by atoms with Crippen LogP contribution in [-0.4, -0.2) is 35.0 Å². The lowest BCUT2D eigenvalue weighted by Crippen LogP contribution is -2.34. The van der Waals surface area contributed by atoms with Crippen LogP contribution in [0.3, 0.4) is 0 Å². The van der Waals surface area contributed by atoms with E-state index in [0.717, 1.165) is 43.0 Å². The first-order valence-electron chi connectivity index (χ1n) is 10.3. The summed E-state index contributed by atoms with van der Waals surface area (Å²) in [4.78, 5) is 24.2. The molecule has 2 heterocycles. The molecule has 1 aromatic carbocycles. The van der Waals surface area contributed by atoms with Crippen LogP contribution in [0.5, 0.6) is 0 Å². The van der Waals surface area contributed by atoms with E-state index in [2.05, 4.69) is 20.2 Å². The molecule has 1 aromatic heterocycles. The van der Waals surface area contributed by atoms with Crippen molar-refractivity contribution in [2.75, 3.05) is 18.0 Å². The standard InChI is InChI=1S/C22H28N4O/c27-22(25-19-10-3-1-2-4-11-19)18-9-7-8-17(16-18)20-21(24-13-12-23-20)26-14-5-6-15-26/h7-9,12-13,16,19H,1-6,10-11,14-15H2,(H,25,27). The number of nitrogens with one attached hydrogen (secondary N) is 1. The summed E-state index contributed by atoms with van der Waals surface area (Å²) >= 11 is 0. The van der Waals surface area contributed by atoms with Gasteiger partial charge in [0.2, 0.25) is 0 Å². The first kappa shape index (κ1) is 18.0. The first-order valence-corrected chi connectivity index (χ1v) is 10.3. The number of hydrogen-bond acceptors (Lipinski definition) is 4. The number of carbonyl (C=O) groups is 1. The van der Waals surface area contributed by atoms with E-state index >= 15 is 0 Å². The predicted molar refractivity (Wildman–Crippen MR) is 108 cm³/mol. The van der Waals surface area contributed by atoms with E-state index in [-0.39, 0.29) is 5.91 Å². The molecule has 0 unspecified atom stereocenters. The Kier molecular flexibility index (Phi) is 5.66. The molecule has 2 aliphatic rings. The van der Waals surface area contributed by atoms with E-state index in [1.54, 1.807) is 12.4 Å². The van der Waals surface area contributed by atoms with Gasteiger partial charge in [0, 0.05) is 42.7 Å². The normalized spacial score (nSPS) is 18.3. The first-order chi connectivity index (χ1) is 13.3. The van der Waals surface area contributed by atoms with Gasteiger partial charge in [-0.2, -0.15) is 0 Å². The van der Waals surface area contributed by atoms with Crippen LogP contribution >= 0.6 is 0 Å². The molecule has 5 nitrogen and oxygen atoms in total. The molecule has 1 saturated heterocycles. The maximum Gasteiger partial charge on any atom is 0.251 e. The number of carbonyl (C=O) groups excluding carboxylic acids is 1. The van der Waals surface area contributed by atoms with Crippen LogP contribution < -0.4 is 10.2 Å². The third kappa shape index (κ3) is 4.29. The quantitative estimate of drug-likeness (QED) is 0.826. The molecular formula is C22H28N4O. The third-order valence-electron chi connectivity index (χ3n) is 5.67. The Balaban J connectivity index is 1.55. The molecule has 5 heteroatoms. The van der Waals surface area contributed by atoms with Crippen molar-refractivity contribution >= 4 is 11.7 Å². The number of anilines is 1. The Labute approximate surface area is 161 Å². The van der Waals surface area contributed by atoms with E-state index in [1.165, 1.54) is 38.5 Å². The van der Waals surface area contributed by atoms with Crippen molar-refractivity contribution in [2.45, 2.75) is 57.4 Å². The van der Waals surface area contributed by atoms with Crippen LogP contribution in [0.2, 0.25) is 0 Å². The highest BCUT2D eigenvalue weighted by Crippen LogP contribution is 2.29. The zero-order valence-electron chi connectivity index (χ0n) is 15.9. The molecule has 1 aliphatic heterocycles. The van der Waals surface area contributed by atoms with Crippen LogP contribution in [0.25, 0.3) is 11.3 Å². The monoisotopic (exact) mass is 364 g/mol. The van der Waals surface area contributed by atoms with Crippen molar-refractivity contribution in [3.05, 3.63) is 42.2 Å². The highest BCUT2D eigenvalue weighted by molar-refractivity contribution is 5.95. The van der Waals surface area contributed by atoms with Crippen LogP contribution in [0, 0.1) is 0 Å². The van der Waals surface area contributed by atoms with E-state index in [0.29, 0.717) is 11.6 Å². The lowest BCUT2D eigenvalue weighted by atomic mass is 10.1. The molecule has 1 amide bonds. The van der Waals surface area contributed by atoms with Crippen molar-refractivity contribution in [1.29, 1.82) is 0 Å². The summed E-state index contributed by atoms with van der Waals surface area (Å²) in [6.07, 6.45) is 13.0. The SMILES string of the molecule is O=C(NC1CCCCCC1)c1cccc(-c2nccnc2N2CCCC2)c1. The topological polar surface area (TPSA) is 58.1 Å². The van der Waals surface area contributed by atoms with Gasteiger partial charge in [-0.15, -0.1) is 0 Å². The minimum atomic E-state index is 0.0235. The molecule has 4 rings (SSSR count). The van der Waals surface area contributed by atoms with Crippen LogP contribution in [0.4, 0.5) is 5.82 Å². The Morgan fingerprint density at radius 1 is 0.963 bits per heavy atom. The lowest BCUT2D eigenvalue weighted by molar-refractivity contribution is 0.0933. The fourth-order valence-corrected chi connectivity index (χ4v) is 4.19. The summed E-state index contributed by atoms with van der Waals surface area (Å²) in [6.45, 7) is 2.04. The van der Waals surface area contributed by atoms with Gasteiger partial charge >= 0.3 is 0 Å². The third-order valence-corrected chi connectivity index (χ3v) is 5.67. The molecule has 1 aliphatic carbocycles. The summed E-state index contributed by atoms with van der Waals surface area (Å²) in [7, 11) is 0. The van der Waals surface area contributed by atoms with Crippen LogP contribution in [0.1, 0.15) is 61.7 Å². The second-order valence-corrected chi connectivity index (χ2v) is 7.67. The smallest absolute Gasteiger partial charge is 0.251 e. The zero-order valence-corrected chi connectivity index (χ0v) is 15.9. The number of nitrogens with zero attached hydrogens (tertiary/aromatic N) is 3. The highest BCUT2D eigenvalue weighted by atomic mass is 16.1. The zero-order chi connectivity index (χ0) is 18.5. The minimum absolute atomic E-state index is 0.0235. The van der Waals surface area contributed by atoms with Gasteiger partial charge in [-0.25, -0.2) is 4.98 Å². The number of rotatable bonds is 4. The fraction of sp³-hybridized carbons (Fsp3) is 0.500. The van der Waals surface area contributed by atoms with Gasteiger partial charge in [0.05, 0.1) is 0 Å². The van der Waals surface area contributed by atoms with E-state index < -0.39 is 0 Å². The summed E-state index contributed by atoms with van der Waals surface area (Å²) in [5.74, 6) is 0.951. The number of amides is 1. The highest BCUT2D eigenvalue weighted by Gasteiger charge is 2.20. The molecule has 1 saturated carbocycles. The number of aromatic nitrogens is 2.